The number of rotatable bonds is 5. The van der Waals surface area contributed by atoms with E-state index in [0.717, 1.165) is 15.1 Å². The zero-order chi connectivity index (χ0) is 13.1. The van der Waals surface area contributed by atoms with Crippen molar-refractivity contribution in [2.45, 2.75) is 31.1 Å². The first-order chi connectivity index (χ1) is 7.83. The van der Waals surface area contributed by atoms with Crippen LogP contribution in [0.5, 0.6) is 0 Å². The molecule has 0 fully saturated rings. The molecule has 0 saturated carbocycles. The fourth-order valence-corrected chi connectivity index (χ4v) is 7.81. The summed E-state index contributed by atoms with van der Waals surface area (Å²) in [5.74, 6) is 0. The third-order valence-corrected chi connectivity index (χ3v) is 7.19. The van der Waals surface area contributed by atoms with Crippen molar-refractivity contribution in [3.05, 3.63) is 34.3 Å². The van der Waals surface area contributed by atoms with Gasteiger partial charge in [-0.05, 0) is 23.7 Å². The summed E-state index contributed by atoms with van der Waals surface area (Å²) >= 11 is 11.0. The number of hydrogen-bond donors (Lipinski definition) is 0. The normalized spacial score (nSPS) is 12.8. The standard InChI is InChI=1S/C13H19Br3Si/c1-17(2,3)10-13(8-14,9-15)11-5-4-6-12(16)7-11/h4-7H,8-10H2,1-3H3. The van der Waals surface area contributed by atoms with E-state index in [9.17, 15) is 0 Å². The fraction of sp³-hybridized carbons (Fsp3) is 0.538. The maximum Gasteiger partial charge on any atom is 0.0452 e. The highest BCUT2D eigenvalue weighted by Gasteiger charge is 2.35. The van der Waals surface area contributed by atoms with Gasteiger partial charge in [0.2, 0.25) is 0 Å². The summed E-state index contributed by atoms with van der Waals surface area (Å²) in [6.45, 7) is 7.31. The molecular weight excluding hydrogens is 424 g/mol. The van der Waals surface area contributed by atoms with Gasteiger partial charge in [-0.3, -0.25) is 0 Å². The predicted octanol–water partition coefficient (Wildman–Crippen LogP) is 5.81. The monoisotopic (exact) mass is 440 g/mol. The Kier molecular flexibility index (Phi) is 5.95. The second-order valence-electron chi connectivity index (χ2n) is 5.80. The van der Waals surface area contributed by atoms with E-state index in [0.29, 0.717) is 0 Å². The Balaban J connectivity index is 3.15. The summed E-state index contributed by atoms with van der Waals surface area (Å²) in [6.07, 6.45) is 0. The minimum atomic E-state index is -1.11. The van der Waals surface area contributed by atoms with E-state index in [2.05, 4.69) is 91.7 Å². The molecule has 0 atom stereocenters. The molecule has 0 unspecified atom stereocenters. The molecule has 1 aromatic rings. The molecule has 0 bridgehead atoms. The van der Waals surface area contributed by atoms with E-state index in [4.69, 9.17) is 0 Å². The molecule has 96 valence electrons. The van der Waals surface area contributed by atoms with Gasteiger partial charge in [0.25, 0.3) is 0 Å². The molecule has 0 aliphatic rings. The predicted molar refractivity (Wildman–Crippen MR) is 91.6 cm³/mol. The highest BCUT2D eigenvalue weighted by Crippen LogP contribution is 2.38. The van der Waals surface area contributed by atoms with Crippen molar-refractivity contribution in [1.29, 1.82) is 0 Å². The molecule has 0 nitrogen and oxygen atoms in total. The van der Waals surface area contributed by atoms with Gasteiger partial charge in [0.1, 0.15) is 0 Å². The summed E-state index contributed by atoms with van der Waals surface area (Å²) in [6, 6.07) is 10.00. The first-order valence-electron chi connectivity index (χ1n) is 5.71. The summed E-state index contributed by atoms with van der Waals surface area (Å²) in [4.78, 5) is 0. The van der Waals surface area contributed by atoms with E-state index in [1.807, 2.05) is 0 Å². The van der Waals surface area contributed by atoms with Crippen LogP contribution in [-0.2, 0) is 5.41 Å². The quantitative estimate of drug-likeness (QED) is 0.398. The Morgan fingerprint density at radius 3 is 2.12 bits per heavy atom. The van der Waals surface area contributed by atoms with Crippen molar-refractivity contribution in [1.82, 2.24) is 0 Å². The van der Waals surface area contributed by atoms with Gasteiger partial charge in [0, 0.05) is 28.6 Å². The Morgan fingerprint density at radius 1 is 1.12 bits per heavy atom. The molecule has 0 saturated heterocycles. The first kappa shape index (κ1) is 15.9. The minimum absolute atomic E-state index is 0.217. The number of benzene rings is 1. The van der Waals surface area contributed by atoms with Gasteiger partial charge in [-0.25, -0.2) is 0 Å². The second-order valence-corrected chi connectivity index (χ2v) is 13.3. The largest absolute Gasteiger partial charge is 0.0918 e. The van der Waals surface area contributed by atoms with Gasteiger partial charge >= 0.3 is 0 Å². The molecule has 0 aliphatic carbocycles. The van der Waals surface area contributed by atoms with Crippen LogP contribution in [0.25, 0.3) is 0 Å². The van der Waals surface area contributed by atoms with Gasteiger partial charge in [-0.15, -0.1) is 0 Å². The van der Waals surface area contributed by atoms with Gasteiger partial charge in [-0.1, -0.05) is 79.6 Å². The van der Waals surface area contributed by atoms with E-state index in [1.165, 1.54) is 11.6 Å². The Labute approximate surface area is 131 Å². The molecular formula is C13H19Br3Si. The highest BCUT2D eigenvalue weighted by atomic mass is 79.9. The smallest absolute Gasteiger partial charge is 0.0452 e. The zero-order valence-corrected chi connectivity index (χ0v) is 16.3. The van der Waals surface area contributed by atoms with Crippen LogP contribution in [0.15, 0.2) is 28.7 Å². The van der Waals surface area contributed by atoms with Crippen molar-refractivity contribution >= 4 is 55.9 Å². The maximum atomic E-state index is 3.72. The van der Waals surface area contributed by atoms with Crippen LogP contribution in [0.3, 0.4) is 0 Å². The second kappa shape index (κ2) is 6.35. The maximum absolute atomic E-state index is 3.72. The molecule has 4 heteroatoms. The highest BCUT2D eigenvalue weighted by molar-refractivity contribution is 9.10. The van der Waals surface area contributed by atoms with Crippen molar-refractivity contribution in [2.75, 3.05) is 10.7 Å². The molecule has 0 aromatic heterocycles. The third kappa shape index (κ3) is 4.48. The van der Waals surface area contributed by atoms with Gasteiger partial charge < -0.3 is 0 Å². The molecule has 0 radical (unpaired) electrons. The van der Waals surface area contributed by atoms with Crippen LogP contribution in [0.1, 0.15) is 5.56 Å². The van der Waals surface area contributed by atoms with E-state index in [1.54, 1.807) is 0 Å². The van der Waals surface area contributed by atoms with Crippen LogP contribution in [-0.4, -0.2) is 18.7 Å². The zero-order valence-electron chi connectivity index (χ0n) is 10.6. The van der Waals surface area contributed by atoms with E-state index in [-0.39, 0.29) is 5.41 Å². The van der Waals surface area contributed by atoms with Crippen molar-refractivity contribution in [3.63, 3.8) is 0 Å². The lowest BCUT2D eigenvalue weighted by Gasteiger charge is -2.36. The molecule has 0 amide bonds. The van der Waals surface area contributed by atoms with Crippen LogP contribution >= 0.6 is 47.8 Å². The average Bonchev–Trinajstić information content (AvgIpc) is 2.25. The Hall–Kier alpha value is 0.877. The third-order valence-electron chi connectivity index (χ3n) is 2.82. The SMILES string of the molecule is C[Si](C)(C)CC(CBr)(CBr)c1cccc(Br)c1. The summed E-state index contributed by atoms with van der Waals surface area (Å²) < 4.78 is 1.16. The summed E-state index contributed by atoms with van der Waals surface area (Å²) in [7, 11) is -1.11. The lowest BCUT2D eigenvalue weighted by molar-refractivity contribution is 0.611. The van der Waals surface area contributed by atoms with E-state index < -0.39 is 8.07 Å². The van der Waals surface area contributed by atoms with E-state index >= 15 is 0 Å². The Bertz CT molecular complexity index is 367. The van der Waals surface area contributed by atoms with Crippen LogP contribution in [0.4, 0.5) is 0 Å². The topological polar surface area (TPSA) is 0 Å². The first-order valence-corrected chi connectivity index (χ1v) is 12.5. The molecule has 17 heavy (non-hydrogen) atoms. The van der Waals surface area contributed by atoms with Gasteiger partial charge in [-0.2, -0.15) is 0 Å². The summed E-state index contributed by atoms with van der Waals surface area (Å²) in [5, 5.41) is 2.01. The van der Waals surface area contributed by atoms with Crippen molar-refractivity contribution < 1.29 is 0 Å². The minimum Gasteiger partial charge on any atom is -0.0918 e. The molecule has 0 aliphatic heterocycles. The number of halogens is 3. The van der Waals surface area contributed by atoms with Crippen molar-refractivity contribution in [3.8, 4) is 0 Å². The summed E-state index contributed by atoms with van der Waals surface area (Å²) in [5.41, 5.74) is 1.64. The fourth-order valence-electron chi connectivity index (χ4n) is 2.22. The number of alkyl halides is 2. The molecule has 0 heterocycles. The molecule has 0 N–H and O–H groups in total. The lowest BCUT2D eigenvalue weighted by atomic mass is 9.86. The van der Waals surface area contributed by atoms with Crippen molar-refractivity contribution in [2.24, 2.45) is 0 Å². The Morgan fingerprint density at radius 2 is 1.71 bits per heavy atom. The molecule has 1 rings (SSSR count). The van der Waals surface area contributed by atoms with Crippen LogP contribution < -0.4 is 0 Å². The van der Waals surface area contributed by atoms with Crippen LogP contribution in [0.2, 0.25) is 25.7 Å². The van der Waals surface area contributed by atoms with Crippen LogP contribution in [0, 0.1) is 0 Å². The average molecular weight is 443 g/mol. The lowest BCUT2D eigenvalue weighted by Crippen LogP contribution is -2.39. The number of hydrogen-bond acceptors (Lipinski definition) is 0. The molecule has 1 aromatic carbocycles. The van der Waals surface area contributed by atoms with Gasteiger partial charge in [0.05, 0.1) is 0 Å². The van der Waals surface area contributed by atoms with Gasteiger partial charge in [0.15, 0.2) is 0 Å². The molecule has 0 spiro atoms.